The summed E-state index contributed by atoms with van der Waals surface area (Å²) in [6, 6.07) is 21.6. The Morgan fingerprint density at radius 2 is 2.00 bits per heavy atom. The molecule has 0 aliphatic heterocycles. The van der Waals surface area contributed by atoms with Gasteiger partial charge in [-0.3, -0.25) is 4.99 Å². The minimum Gasteiger partial charge on any atom is -0.353 e. The van der Waals surface area contributed by atoms with Gasteiger partial charge in [-0.25, -0.2) is 4.68 Å². The molecule has 0 spiro atoms. The van der Waals surface area contributed by atoms with Gasteiger partial charge in [0.2, 0.25) is 0 Å². The van der Waals surface area contributed by atoms with Crippen LogP contribution in [-0.4, -0.2) is 28.8 Å². The Morgan fingerprint density at radius 3 is 2.74 bits per heavy atom. The molecule has 3 aromatic rings. The van der Waals surface area contributed by atoms with Crippen molar-refractivity contribution in [3.8, 4) is 5.69 Å². The van der Waals surface area contributed by atoms with E-state index in [4.69, 9.17) is 0 Å². The van der Waals surface area contributed by atoms with E-state index in [2.05, 4.69) is 82.2 Å². The van der Waals surface area contributed by atoms with Crippen molar-refractivity contribution in [3.63, 3.8) is 0 Å². The summed E-state index contributed by atoms with van der Waals surface area (Å²) in [6.45, 7) is 2.15. The Kier molecular flexibility index (Phi) is 4.92. The van der Waals surface area contributed by atoms with E-state index >= 15 is 0 Å². The van der Waals surface area contributed by atoms with Crippen molar-refractivity contribution in [3.05, 3.63) is 84.2 Å². The number of guanidine groups is 1. The molecule has 138 valence electrons. The van der Waals surface area contributed by atoms with E-state index in [0.717, 1.165) is 18.1 Å². The van der Waals surface area contributed by atoms with Crippen molar-refractivity contribution in [2.45, 2.75) is 31.3 Å². The molecule has 1 saturated carbocycles. The van der Waals surface area contributed by atoms with Gasteiger partial charge in [0.25, 0.3) is 0 Å². The average molecular weight is 359 g/mol. The van der Waals surface area contributed by atoms with E-state index in [0.29, 0.717) is 12.0 Å². The second-order valence-electron chi connectivity index (χ2n) is 6.99. The summed E-state index contributed by atoms with van der Waals surface area (Å²) >= 11 is 0. The van der Waals surface area contributed by atoms with Gasteiger partial charge in [0.15, 0.2) is 5.96 Å². The Bertz CT molecular complexity index is 901. The average Bonchev–Trinajstić information content (AvgIpc) is 3.26. The SMILES string of the molecule is CN=C(NC(C)c1cccc(-n2cccn2)c1)NC1CC1c1ccccc1. The number of nitrogens with zero attached hydrogens (tertiary/aromatic N) is 3. The summed E-state index contributed by atoms with van der Waals surface area (Å²) in [5.41, 5.74) is 3.65. The van der Waals surface area contributed by atoms with E-state index in [1.807, 2.05) is 24.0 Å². The molecule has 0 bridgehead atoms. The maximum Gasteiger partial charge on any atom is 0.191 e. The minimum absolute atomic E-state index is 0.139. The van der Waals surface area contributed by atoms with Crippen molar-refractivity contribution in [1.29, 1.82) is 0 Å². The minimum atomic E-state index is 0.139. The molecule has 2 aromatic carbocycles. The zero-order chi connectivity index (χ0) is 18.6. The fourth-order valence-corrected chi connectivity index (χ4v) is 3.42. The number of nitrogens with one attached hydrogen (secondary N) is 2. The van der Waals surface area contributed by atoms with E-state index in [1.54, 1.807) is 6.20 Å². The van der Waals surface area contributed by atoms with E-state index in [9.17, 15) is 0 Å². The molecule has 0 radical (unpaired) electrons. The first kappa shape index (κ1) is 17.3. The van der Waals surface area contributed by atoms with E-state index in [1.165, 1.54) is 11.1 Å². The fraction of sp³-hybridized carbons (Fsp3) is 0.273. The largest absolute Gasteiger partial charge is 0.353 e. The summed E-state index contributed by atoms with van der Waals surface area (Å²) in [4.78, 5) is 4.41. The van der Waals surface area contributed by atoms with Crippen molar-refractivity contribution < 1.29 is 0 Å². The standard InChI is InChI=1S/C22H25N5/c1-16(18-10-6-11-19(14-18)27-13-7-12-24-27)25-22(23-2)26-21-15-20(21)17-8-4-3-5-9-17/h3-14,16,20-21H,15H2,1-2H3,(H2,23,25,26). The second kappa shape index (κ2) is 7.66. The number of benzene rings is 2. The number of hydrogen-bond acceptors (Lipinski definition) is 2. The highest BCUT2D eigenvalue weighted by atomic mass is 15.3. The normalized spacial score (nSPS) is 20.1. The third-order valence-corrected chi connectivity index (χ3v) is 5.06. The van der Waals surface area contributed by atoms with Gasteiger partial charge in [0.05, 0.1) is 11.7 Å². The molecule has 5 nitrogen and oxygen atoms in total. The van der Waals surface area contributed by atoms with Crippen LogP contribution in [0.1, 0.15) is 36.4 Å². The van der Waals surface area contributed by atoms with Gasteiger partial charge in [0, 0.05) is 31.4 Å². The number of hydrogen-bond donors (Lipinski definition) is 2. The summed E-state index contributed by atoms with van der Waals surface area (Å²) in [7, 11) is 1.82. The van der Waals surface area contributed by atoms with Crippen LogP contribution in [0, 0.1) is 0 Å². The summed E-state index contributed by atoms with van der Waals surface area (Å²) < 4.78 is 1.87. The van der Waals surface area contributed by atoms with Crippen molar-refractivity contribution in [1.82, 2.24) is 20.4 Å². The highest BCUT2D eigenvalue weighted by Gasteiger charge is 2.38. The fourth-order valence-electron chi connectivity index (χ4n) is 3.42. The van der Waals surface area contributed by atoms with Crippen LogP contribution < -0.4 is 10.6 Å². The molecular formula is C22H25N5. The van der Waals surface area contributed by atoms with E-state index in [-0.39, 0.29) is 6.04 Å². The maximum atomic E-state index is 4.41. The van der Waals surface area contributed by atoms with Crippen LogP contribution in [0.2, 0.25) is 0 Å². The maximum absolute atomic E-state index is 4.41. The van der Waals surface area contributed by atoms with Gasteiger partial charge in [-0.15, -0.1) is 0 Å². The zero-order valence-corrected chi connectivity index (χ0v) is 15.7. The molecule has 3 unspecified atom stereocenters. The molecule has 1 aliphatic carbocycles. The highest BCUT2D eigenvalue weighted by Crippen LogP contribution is 2.40. The molecule has 1 fully saturated rings. The lowest BCUT2D eigenvalue weighted by molar-refractivity contribution is 0.680. The quantitative estimate of drug-likeness (QED) is 0.540. The monoisotopic (exact) mass is 359 g/mol. The molecule has 1 aliphatic rings. The molecule has 0 amide bonds. The van der Waals surface area contributed by atoms with Crippen LogP contribution in [0.15, 0.2) is 78.0 Å². The van der Waals surface area contributed by atoms with Crippen LogP contribution in [0.4, 0.5) is 0 Å². The second-order valence-corrected chi connectivity index (χ2v) is 6.99. The first-order chi connectivity index (χ1) is 13.2. The molecule has 5 heteroatoms. The summed E-state index contributed by atoms with van der Waals surface area (Å²) in [5, 5.41) is 11.4. The van der Waals surface area contributed by atoms with Gasteiger partial charge in [-0.2, -0.15) is 5.10 Å². The molecule has 4 rings (SSSR count). The van der Waals surface area contributed by atoms with Crippen molar-refractivity contribution in [2.24, 2.45) is 4.99 Å². The topological polar surface area (TPSA) is 54.2 Å². The third kappa shape index (κ3) is 4.03. The lowest BCUT2D eigenvalue weighted by Crippen LogP contribution is -2.40. The molecule has 1 aromatic heterocycles. The highest BCUT2D eigenvalue weighted by molar-refractivity contribution is 5.81. The van der Waals surface area contributed by atoms with Crippen LogP contribution in [0.5, 0.6) is 0 Å². The summed E-state index contributed by atoms with van der Waals surface area (Å²) in [6.07, 6.45) is 4.89. The predicted molar refractivity (Wildman–Crippen MR) is 109 cm³/mol. The van der Waals surface area contributed by atoms with E-state index < -0.39 is 0 Å². The molecule has 1 heterocycles. The number of aromatic nitrogens is 2. The number of aliphatic imine (C=N–C) groups is 1. The Morgan fingerprint density at radius 1 is 1.15 bits per heavy atom. The van der Waals surface area contributed by atoms with Gasteiger partial charge in [-0.05, 0) is 42.7 Å². The zero-order valence-electron chi connectivity index (χ0n) is 15.7. The van der Waals surface area contributed by atoms with Crippen LogP contribution in [0.3, 0.4) is 0 Å². The molecule has 0 saturated heterocycles. The van der Waals surface area contributed by atoms with Crippen LogP contribution in [-0.2, 0) is 0 Å². The molecule has 3 atom stereocenters. The predicted octanol–water partition coefficient (Wildman–Crippen LogP) is 3.65. The molecule has 27 heavy (non-hydrogen) atoms. The lowest BCUT2D eigenvalue weighted by atomic mass is 10.1. The van der Waals surface area contributed by atoms with Crippen LogP contribution >= 0.6 is 0 Å². The van der Waals surface area contributed by atoms with Crippen LogP contribution in [0.25, 0.3) is 5.69 Å². The van der Waals surface area contributed by atoms with Gasteiger partial charge >= 0.3 is 0 Å². The number of rotatable bonds is 5. The van der Waals surface area contributed by atoms with Crippen molar-refractivity contribution >= 4 is 5.96 Å². The third-order valence-electron chi connectivity index (χ3n) is 5.06. The Hall–Kier alpha value is -3.08. The first-order valence-corrected chi connectivity index (χ1v) is 9.39. The smallest absolute Gasteiger partial charge is 0.191 e. The molecule has 2 N–H and O–H groups in total. The van der Waals surface area contributed by atoms with Gasteiger partial charge < -0.3 is 10.6 Å². The Labute approximate surface area is 160 Å². The Balaban J connectivity index is 1.39. The lowest BCUT2D eigenvalue weighted by Gasteiger charge is -2.19. The van der Waals surface area contributed by atoms with Crippen molar-refractivity contribution in [2.75, 3.05) is 7.05 Å². The first-order valence-electron chi connectivity index (χ1n) is 9.39. The summed E-state index contributed by atoms with van der Waals surface area (Å²) in [5.74, 6) is 1.42. The van der Waals surface area contributed by atoms with Gasteiger partial charge in [0.1, 0.15) is 0 Å². The van der Waals surface area contributed by atoms with Gasteiger partial charge in [-0.1, -0.05) is 42.5 Å². The molecular weight excluding hydrogens is 334 g/mol.